The number of carbonyl (C=O) groups excluding carboxylic acids is 1. The molecule has 8 heteroatoms. The Morgan fingerprint density at radius 3 is 2.37 bits per heavy atom. The Morgan fingerprint density at radius 1 is 1.03 bits per heavy atom. The fraction of sp³-hybridized carbons (Fsp3) is 0.409. The molecule has 1 heterocycles. The molecule has 0 bridgehead atoms. The number of fused-ring (bicyclic) bond motifs is 1. The molecule has 0 fully saturated rings. The highest BCUT2D eigenvalue weighted by Gasteiger charge is 2.23. The van der Waals surface area contributed by atoms with E-state index in [0.29, 0.717) is 43.5 Å². The summed E-state index contributed by atoms with van der Waals surface area (Å²) in [7, 11) is -3.62. The van der Waals surface area contributed by atoms with Gasteiger partial charge in [-0.3, -0.25) is 4.79 Å². The number of nitrogens with one attached hydrogen (secondary N) is 1. The van der Waals surface area contributed by atoms with Gasteiger partial charge in [0.2, 0.25) is 15.9 Å². The molecule has 0 aromatic heterocycles. The van der Waals surface area contributed by atoms with Gasteiger partial charge in [-0.05, 0) is 54.8 Å². The smallest absolute Gasteiger partial charge is 0.243 e. The number of sulfonamides is 1. The molecule has 7 nitrogen and oxygen atoms in total. The lowest BCUT2D eigenvalue weighted by atomic mass is 10.1. The summed E-state index contributed by atoms with van der Waals surface area (Å²) in [4.78, 5) is 12.9. The first-order valence-corrected chi connectivity index (χ1v) is 11.5. The van der Waals surface area contributed by atoms with Crippen molar-refractivity contribution in [3.05, 3.63) is 47.0 Å². The van der Waals surface area contributed by atoms with Crippen molar-refractivity contribution in [3.63, 3.8) is 0 Å². The number of nitrogens with zero attached hydrogens (tertiary/aromatic N) is 1. The second kappa shape index (κ2) is 9.06. The summed E-state index contributed by atoms with van der Waals surface area (Å²) in [6.45, 7) is 9.08. The van der Waals surface area contributed by atoms with E-state index in [1.807, 2.05) is 19.9 Å². The first-order chi connectivity index (χ1) is 14.3. The van der Waals surface area contributed by atoms with Gasteiger partial charge >= 0.3 is 0 Å². The van der Waals surface area contributed by atoms with E-state index in [1.54, 1.807) is 32.0 Å². The van der Waals surface area contributed by atoms with Gasteiger partial charge in [-0.2, -0.15) is 4.31 Å². The van der Waals surface area contributed by atoms with E-state index in [4.69, 9.17) is 9.47 Å². The summed E-state index contributed by atoms with van der Waals surface area (Å²) in [5.74, 6) is 1.07. The van der Waals surface area contributed by atoms with Crippen LogP contribution in [-0.4, -0.2) is 44.9 Å². The van der Waals surface area contributed by atoms with Crippen LogP contribution in [0.15, 0.2) is 35.2 Å². The fourth-order valence-electron chi connectivity index (χ4n) is 3.40. The summed E-state index contributed by atoms with van der Waals surface area (Å²) in [5, 5.41) is 2.87. The van der Waals surface area contributed by atoms with E-state index < -0.39 is 10.0 Å². The van der Waals surface area contributed by atoms with Crippen LogP contribution < -0.4 is 14.8 Å². The average molecular weight is 433 g/mol. The maximum absolute atomic E-state index is 12.9. The maximum Gasteiger partial charge on any atom is 0.243 e. The van der Waals surface area contributed by atoms with Gasteiger partial charge in [-0.25, -0.2) is 8.42 Å². The van der Waals surface area contributed by atoms with E-state index in [9.17, 15) is 13.2 Å². The third-order valence-electron chi connectivity index (χ3n) is 5.23. The Labute approximate surface area is 178 Å². The topological polar surface area (TPSA) is 84.9 Å². The molecule has 1 amide bonds. The van der Waals surface area contributed by atoms with E-state index in [2.05, 4.69) is 5.32 Å². The molecular formula is C22H28N2O5S. The molecule has 1 aliphatic heterocycles. The molecule has 0 spiro atoms. The predicted molar refractivity (Wildman–Crippen MR) is 116 cm³/mol. The Kier molecular flexibility index (Phi) is 6.67. The summed E-state index contributed by atoms with van der Waals surface area (Å²) >= 11 is 0. The second-order valence-electron chi connectivity index (χ2n) is 7.21. The van der Waals surface area contributed by atoms with Crippen molar-refractivity contribution in [2.24, 2.45) is 0 Å². The van der Waals surface area contributed by atoms with E-state index >= 15 is 0 Å². The normalized spacial score (nSPS) is 13.4. The predicted octanol–water partition coefficient (Wildman–Crippen LogP) is 3.29. The number of hydrogen-bond acceptors (Lipinski definition) is 5. The van der Waals surface area contributed by atoms with Crippen molar-refractivity contribution in [3.8, 4) is 11.5 Å². The van der Waals surface area contributed by atoms with E-state index in [-0.39, 0.29) is 17.2 Å². The number of amides is 1. The second-order valence-corrected chi connectivity index (χ2v) is 9.14. The fourth-order valence-corrected chi connectivity index (χ4v) is 4.97. The number of ether oxygens (including phenoxy) is 2. The number of aryl methyl sites for hydroxylation is 1. The van der Waals surface area contributed by atoms with Gasteiger partial charge in [-0.15, -0.1) is 0 Å². The van der Waals surface area contributed by atoms with Crippen LogP contribution in [0.2, 0.25) is 0 Å². The van der Waals surface area contributed by atoms with Gasteiger partial charge in [0.05, 0.1) is 11.3 Å². The molecule has 2 aromatic carbocycles. The SMILES string of the molecule is CCN(CC)S(=O)(=O)c1cc(C)c(C)c(NC(=O)Cc2ccc3c(c2)OCCO3)c1. The zero-order valence-corrected chi connectivity index (χ0v) is 18.6. The van der Waals surface area contributed by atoms with Crippen molar-refractivity contribution in [1.82, 2.24) is 4.31 Å². The van der Waals surface area contributed by atoms with Crippen LogP contribution in [0.5, 0.6) is 11.5 Å². The van der Waals surface area contributed by atoms with Gasteiger partial charge in [0.25, 0.3) is 0 Å². The van der Waals surface area contributed by atoms with Crippen molar-refractivity contribution < 1.29 is 22.7 Å². The Hall–Kier alpha value is -2.58. The van der Waals surface area contributed by atoms with Crippen LogP contribution in [0.4, 0.5) is 5.69 Å². The lowest BCUT2D eigenvalue weighted by Gasteiger charge is -2.21. The zero-order valence-electron chi connectivity index (χ0n) is 17.8. The minimum absolute atomic E-state index is 0.141. The summed E-state index contributed by atoms with van der Waals surface area (Å²) in [6, 6.07) is 8.61. The van der Waals surface area contributed by atoms with Crippen LogP contribution >= 0.6 is 0 Å². The average Bonchev–Trinajstić information content (AvgIpc) is 2.71. The number of benzene rings is 2. The molecule has 0 unspecified atom stereocenters. The summed E-state index contributed by atoms with van der Waals surface area (Å²) in [5.41, 5.74) is 2.93. The van der Waals surface area contributed by atoms with Gasteiger partial charge in [0, 0.05) is 18.8 Å². The molecule has 0 aliphatic carbocycles. The molecule has 0 saturated carbocycles. The van der Waals surface area contributed by atoms with E-state index in [1.165, 1.54) is 10.4 Å². The van der Waals surface area contributed by atoms with Gasteiger partial charge < -0.3 is 14.8 Å². The molecule has 162 valence electrons. The van der Waals surface area contributed by atoms with Crippen molar-refractivity contribution in [1.29, 1.82) is 0 Å². The molecule has 0 saturated heterocycles. The highest BCUT2D eigenvalue weighted by molar-refractivity contribution is 7.89. The number of rotatable bonds is 7. The number of hydrogen-bond donors (Lipinski definition) is 1. The van der Waals surface area contributed by atoms with Gasteiger partial charge in [-0.1, -0.05) is 19.9 Å². The minimum Gasteiger partial charge on any atom is -0.486 e. The standard InChI is InChI=1S/C22H28N2O5S/c1-5-24(6-2)30(26,27)18-11-15(3)16(4)19(14-18)23-22(25)13-17-7-8-20-21(12-17)29-10-9-28-20/h7-8,11-12,14H,5-6,9-10,13H2,1-4H3,(H,23,25). The Morgan fingerprint density at radius 2 is 1.70 bits per heavy atom. The highest BCUT2D eigenvalue weighted by Crippen LogP contribution is 2.31. The summed E-state index contributed by atoms with van der Waals surface area (Å²) < 4.78 is 38.3. The van der Waals surface area contributed by atoms with E-state index in [0.717, 1.165) is 16.7 Å². The van der Waals surface area contributed by atoms with Crippen molar-refractivity contribution in [2.45, 2.75) is 39.0 Å². The lowest BCUT2D eigenvalue weighted by Crippen LogP contribution is -2.30. The Bertz CT molecular complexity index is 1050. The van der Waals surface area contributed by atoms with Crippen LogP contribution in [-0.2, 0) is 21.2 Å². The van der Waals surface area contributed by atoms with Crippen LogP contribution in [0.1, 0.15) is 30.5 Å². The number of anilines is 1. The third kappa shape index (κ3) is 4.60. The monoisotopic (exact) mass is 432 g/mol. The molecule has 30 heavy (non-hydrogen) atoms. The summed E-state index contributed by atoms with van der Waals surface area (Å²) in [6.07, 6.45) is 0.141. The Balaban J connectivity index is 1.82. The third-order valence-corrected chi connectivity index (χ3v) is 7.26. The number of carbonyl (C=O) groups is 1. The molecule has 3 rings (SSSR count). The minimum atomic E-state index is -3.62. The largest absolute Gasteiger partial charge is 0.486 e. The lowest BCUT2D eigenvalue weighted by molar-refractivity contribution is -0.115. The first kappa shape index (κ1) is 22.1. The van der Waals surface area contributed by atoms with Crippen LogP contribution in [0.3, 0.4) is 0 Å². The van der Waals surface area contributed by atoms with Crippen LogP contribution in [0.25, 0.3) is 0 Å². The van der Waals surface area contributed by atoms with Gasteiger partial charge in [0.15, 0.2) is 11.5 Å². The van der Waals surface area contributed by atoms with Crippen molar-refractivity contribution in [2.75, 3.05) is 31.6 Å². The van der Waals surface area contributed by atoms with Gasteiger partial charge in [0.1, 0.15) is 13.2 Å². The molecule has 2 aromatic rings. The van der Waals surface area contributed by atoms with Crippen molar-refractivity contribution >= 4 is 21.6 Å². The zero-order chi connectivity index (χ0) is 21.9. The quantitative estimate of drug-likeness (QED) is 0.726. The molecule has 0 radical (unpaired) electrons. The first-order valence-electron chi connectivity index (χ1n) is 10.1. The molecule has 1 aliphatic rings. The highest BCUT2D eigenvalue weighted by atomic mass is 32.2. The maximum atomic E-state index is 12.9. The van der Waals surface area contributed by atoms with Crippen LogP contribution in [0, 0.1) is 13.8 Å². The molecular weight excluding hydrogens is 404 g/mol. The molecule has 1 N–H and O–H groups in total. The molecule has 0 atom stereocenters.